The first-order chi connectivity index (χ1) is 16.5. The van der Waals surface area contributed by atoms with E-state index in [4.69, 9.17) is 9.47 Å². The standard InChI is InChI=1S/C28H34N2O4/c1-20-14-21(2)16-24(15-20)26(31)29-10-13-34-28(19-29)25(23-6-4-3-5-7-23)18-30(27(28)32)17-22-8-11-33-12-9-22/h3-7,14-16,22,25H,8-13,17-19H2,1-2H3/t25-,28+/m1/s1. The molecule has 2 aromatic carbocycles. The van der Waals surface area contributed by atoms with Crippen molar-refractivity contribution in [2.24, 2.45) is 5.92 Å². The van der Waals surface area contributed by atoms with Gasteiger partial charge in [-0.2, -0.15) is 0 Å². The third kappa shape index (κ3) is 4.37. The molecule has 2 aromatic rings. The Labute approximate surface area is 201 Å². The normalized spacial score (nSPS) is 25.8. The molecule has 3 fully saturated rings. The van der Waals surface area contributed by atoms with Crippen molar-refractivity contribution in [1.82, 2.24) is 9.80 Å². The third-order valence-corrected chi connectivity index (χ3v) is 7.54. The first-order valence-electron chi connectivity index (χ1n) is 12.4. The highest BCUT2D eigenvalue weighted by Crippen LogP contribution is 2.43. The van der Waals surface area contributed by atoms with Crippen LogP contribution in [0.15, 0.2) is 48.5 Å². The Morgan fingerprint density at radius 2 is 1.74 bits per heavy atom. The molecule has 34 heavy (non-hydrogen) atoms. The Hall–Kier alpha value is -2.70. The molecule has 5 rings (SSSR count). The van der Waals surface area contributed by atoms with Crippen molar-refractivity contribution in [3.8, 4) is 0 Å². The third-order valence-electron chi connectivity index (χ3n) is 7.54. The van der Waals surface area contributed by atoms with Crippen LogP contribution in [-0.2, 0) is 14.3 Å². The molecule has 0 radical (unpaired) electrons. The summed E-state index contributed by atoms with van der Waals surface area (Å²) < 4.78 is 11.9. The Kier molecular flexibility index (Phi) is 6.45. The number of benzene rings is 2. The molecule has 0 aromatic heterocycles. The summed E-state index contributed by atoms with van der Waals surface area (Å²) in [5.74, 6) is 0.319. The van der Waals surface area contributed by atoms with Crippen LogP contribution in [0.5, 0.6) is 0 Å². The highest BCUT2D eigenvalue weighted by Gasteiger charge is 2.58. The summed E-state index contributed by atoms with van der Waals surface area (Å²) in [6, 6.07) is 16.1. The van der Waals surface area contributed by atoms with Gasteiger partial charge in [0.05, 0.1) is 13.2 Å². The highest BCUT2D eigenvalue weighted by atomic mass is 16.5. The van der Waals surface area contributed by atoms with E-state index in [9.17, 15) is 9.59 Å². The molecule has 6 heteroatoms. The van der Waals surface area contributed by atoms with Crippen molar-refractivity contribution in [1.29, 1.82) is 0 Å². The van der Waals surface area contributed by atoms with Crippen LogP contribution in [0.4, 0.5) is 0 Å². The molecule has 1 spiro atoms. The Balaban J connectivity index is 1.44. The van der Waals surface area contributed by atoms with Gasteiger partial charge in [-0.1, -0.05) is 47.5 Å². The van der Waals surface area contributed by atoms with Crippen LogP contribution >= 0.6 is 0 Å². The van der Waals surface area contributed by atoms with E-state index in [1.807, 2.05) is 54.0 Å². The summed E-state index contributed by atoms with van der Waals surface area (Å²) in [6.07, 6.45) is 1.95. The van der Waals surface area contributed by atoms with E-state index < -0.39 is 5.60 Å². The second-order valence-corrected chi connectivity index (χ2v) is 10.1. The largest absolute Gasteiger partial charge is 0.381 e. The van der Waals surface area contributed by atoms with Crippen molar-refractivity contribution >= 4 is 11.8 Å². The van der Waals surface area contributed by atoms with Gasteiger partial charge in [-0.15, -0.1) is 0 Å². The molecule has 6 nitrogen and oxygen atoms in total. The van der Waals surface area contributed by atoms with E-state index >= 15 is 0 Å². The fourth-order valence-electron chi connectivity index (χ4n) is 5.87. The number of hydrogen-bond donors (Lipinski definition) is 0. The molecule has 3 aliphatic heterocycles. The van der Waals surface area contributed by atoms with Crippen LogP contribution in [0, 0.1) is 19.8 Å². The number of nitrogens with zero attached hydrogens (tertiary/aromatic N) is 2. The molecule has 3 heterocycles. The second-order valence-electron chi connectivity index (χ2n) is 10.1. The summed E-state index contributed by atoms with van der Waals surface area (Å²) in [5, 5.41) is 0. The SMILES string of the molecule is Cc1cc(C)cc(C(=O)N2CCO[C@]3(C2)C(=O)N(CC2CCOCC2)C[C@@H]3c2ccccc2)c1. The number of rotatable bonds is 4. The zero-order chi connectivity index (χ0) is 23.7. The van der Waals surface area contributed by atoms with E-state index in [0.717, 1.165) is 49.3 Å². The van der Waals surface area contributed by atoms with Gasteiger partial charge in [0.25, 0.3) is 11.8 Å². The van der Waals surface area contributed by atoms with E-state index in [1.54, 1.807) is 0 Å². The Morgan fingerprint density at radius 1 is 1.03 bits per heavy atom. The molecule has 0 aliphatic carbocycles. The molecule has 0 unspecified atom stereocenters. The fraction of sp³-hybridized carbons (Fsp3) is 0.500. The molecule has 0 N–H and O–H groups in total. The monoisotopic (exact) mass is 462 g/mol. The number of likely N-dealkylation sites (tertiary alicyclic amines) is 1. The van der Waals surface area contributed by atoms with Gasteiger partial charge in [-0.25, -0.2) is 0 Å². The zero-order valence-corrected chi connectivity index (χ0v) is 20.2. The van der Waals surface area contributed by atoms with Crippen LogP contribution < -0.4 is 0 Å². The summed E-state index contributed by atoms with van der Waals surface area (Å²) in [5.41, 5.74) is 2.85. The van der Waals surface area contributed by atoms with Crippen LogP contribution in [0.25, 0.3) is 0 Å². The predicted octanol–water partition coefficient (Wildman–Crippen LogP) is 3.57. The van der Waals surface area contributed by atoms with Crippen molar-refractivity contribution < 1.29 is 19.1 Å². The lowest BCUT2D eigenvalue weighted by Gasteiger charge is -2.42. The topological polar surface area (TPSA) is 59.1 Å². The van der Waals surface area contributed by atoms with E-state index in [0.29, 0.717) is 31.2 Å². The maximum atomic E-state index is 14.0. The predicted molar refractivity (Wildman–Crippen MR) is 130 cm³/mol. The summed E-state index contributed by atoms with van der Waals surface area (Å²) in [6.45, 7) is 7.99. The molecule has 2 atom stereocenters. The molecule has 180 valence electrons. The van der Waals surface area contributed by atoms with Crippen molar-refractivity contribution in [3.05, 3.63) is 70.8 Å². The molecular formula is C28H34N2O4. The number of carbonyl (C=O) groups is 2. The van der Waals surface area contributed by atoms with Gasteiger partial charge < -0.3 is 19.3 Å². The van der Waals surface area contributed by atoms with Gasteiger partial charge in [0.2, 0.25) is 0 Å². The van der Waals surface area contributed by atoms with Crippen LogP contribution in [-0.4, -0.2) is 73.2 Å². The summed E-state index contributed by atoms with van der Waals surface area (Å²) in [7, 11) is 0. The van der Waals surface area contributed by atoms with Crippen molar-refractivity contribution in [2.45, 2.75) is 38.2 Å². The number of ether oxygens (including phenoxy) is 2. The first kappa shape index (κ1) is 23.1. The van der Waals surface area contributed by atoms with Gasteiger partial charge in [-0.3, -0.25) is 9.59 Å². The van der Waals surface area contributed by atoms with Gasteiger partial charge in [0.1, 0.15) is 0 Å². The van der Waals surface area contributed by atoms with Gasteiger partial charge in [0.15, 0.2) is 5.60 Å². The van der Waals surface area contributed by atoms with E-state index in [-0.39, 0.29) is 24.3 Å². The lowest BCUT2D eigenvalue weighted by Crippen LogP contribution is -2.59. The van der Waals surface area contributed by atoms with Crippen LogP contribution in [0.1, 0.15) is 45.8 Å². The maximum absolute atomic E-state index is 14.0. The molecule has 2 amide bonds. The maximum Gasteiger partial charge on any atom is 0.257 e. The lowest BCUT2D eigenvalue weighted by atomic mass is 9.83. The average Bonchev–Trinajstić information content (AvgIpc) is 3.10. The van der Waals surface area contributed by atoms with Gasteiger partial charge in [0, 0.05) is 44.3 Å². The molecular weight excluding hydrogens is 428 g/mol. The van der Waals surface area contributed by atoms with Crippen molar-refractivity contribution in [3.63, 3.8) is 0 Å². The van der Waals surface area contributed by atoms with E-state index in [2.05, 4.69) is 18.2 Å². The quantitative estimate of drug-likeness (QED) is 0.697. The van der Waals surface area contributed by atoms with Gasteiger partial charge in [-0.05, 0) is 50.3 Å². The minimum Gasteiger partial charge on any atom is -0.381 e. The molecule has 0 saturated carbocycles. The number of amides is 2. The fourth-order valence-corrected chi connectivity index (χ4v) is 5.87. The van der Waals surface area contributed by atoms with Crippen LogP contribution in [0.2, 0.25) is 0 Å². The van der Waals surface area contributed by atoms with E-state index in [1.165, 1.54) is 0 Å². The summed E-state index contributed by atoms with van der Waals surface area (Å²) in [4.78, 5) is 31.3. The minimum absolute atomic E-state index is 0.0192. The number of aryl methyl sites for hydroxylation is 2. The molecule has 0 bridgehead atoms. The first-order valence-corrected chi connectivity index (χ1v) is 12.4. The number of hydrogen-bond acceptors (Lipinski definition) is 4. The number of morpholine rings is 1. The average molecular weight is 463 g/mol. The van der Waals surface area contributed by atoms with Crippen molar-refractivity contribution in [2.75, 3.05) is 46.0 Å². The van der Waals surface area contributed by atoms with Gasteiger partial charge >= 0.3 is 0 Å². The zero-order valence-electron chi connectivity index (χ0n) is 20.2. The smallest absolute Gasteiger partial charge is 0.257 e. The second kappa shape index (κ2) is 9.51. The molecule has 3 saturated heterocycles. The van der Waals surface area contributed by atoms with Crippen LogP contribution in [0.3, 0.4) is 0 Å². The highest BCUT2D eigenvalue weighted by molar-refractivity contribution is 5.96. The number of carbonyl (C=O) groups excluding carboxylic acids is 2. The minimum atomic E-state index is -1.04. The lowest BCUT2D eigenvalue weighted by molar-refractivity contribution is -0.160. The molecule has 3 aliphatic rings. The Bertz CT molecular complexity index is 1030. The Morgan fingerprint density at radius 3 is 2.44 bits per heavy atom. The summed E-state index contributed by atoms with van der Waals surface area (Å²) >= 11 is 0.